The Labute approximate surface area is 171 Å². The molecule has 0 aliphatic heterocycles. The minimum atomic E-state index is -0.633. The van der Waals surface area contributed by atoms with E-state index in [1.807, 2.05) is 36.4 Å². The van der Waals surface area contributed by atoms with Crippen LogP contribution in [0.5, 0.6) is 11.5 Å². The summed E-state index contributed by atoms with van der Waals surface area (Å²) in [5.41, 5.74) is 11.9. The Morgan fingerprint density at radius 1 is 1.07 bits per heavy atom. The monoisotopic (exact) mass is 405 g/mol. The molecule has 1 amide bonds. The summed E-state index contributed by atoms with van der Waals surface area (Å²) < 4.78 is 16.7. The van der Waals surface area contributed by atoms with Crippen molar-refractivity contribution < 1.29 is 23.9 Å². The molecule has 0 saturated carbocycles. The van der Waals surface area contributed by atoms with Gasteiger partial charge in [-0.15, -0.1) is 0 Å². The average molecular weight is 405 g/mol. The van der Waals surface area contributed by atoms with Crippen LogP contribution in [-0.2, 0) is 0 Å². The molecular formula is C22H19N3O5. The highest BCUT2D eigenvalue weighted by Gasteiger charge is 2.19. The average Bonchev–Trinajstić information content (AvgIpc) is 3.21. The number of nitrogen functional groups attached to an aromatic ring is 1. The number of benzene rings is 3. The fraction of sp³-hybridized carbons (Fsp3) is 0.0909. The third kappa shape index (κ3) is 3.29. The number of nitrogens with two attached hydrogens (primary N) is 1. The number of rotatable bonds is 5. The number of hydrogen-bond donors (Lipinski definition) is 3. The van der Waals surface area contributed by atoms with Gasteiger partial charge in [-0.25, -0.2) is 10.5 Å². The van der Waals surface area contributed by atoms with Gasteiger partial charge in [0.25, 0.3) is 5.91 Å². The summed E-state index contributed by atoms with van der Waals surface area (Å²) >= 11 is 0. The molecular weight excluding hydrogens is 386 g/mol. The number of aromatic nitrogens is 1. The Morgan fingerprint density at radius 2 is 1.87 bits per heavy atom. The molecule has 0 spiro atoms. The van der Waals surface area contributed by atoms with E-state index in [1.54, 1.807) is 18.7 Å². The maximum atomic E-state index is 11.6. The van der Waals surface area contributed by atoms with Gasteiger partial charge in [-0.2, -0.15) is 0 Å². The second-order valence-corrected chi connectivity index (χ2v) is 6.48. The van der Waals surface area contributed by atoms with Gasteiger partial charge < -0.3 is 19.6 Å². The van der Waals surface area contributed by atoms with Gasteiger partial charge in [0.1, 0.15) is 11.3 Å². The van der Waals surface area contributed by atoms with E-state index in [0.29, 0.717) is 34.0 Å². The minimum absolute atomic E-state index is 0.254. The summed E-state index contributed by atoms with van der Waals surface area (Å²) in [4.78, 5) is 16.1. The van der Waals surface area contributed by atoms with Crippen molar-refractivity contribution in [2.75, 3.05) is 20.0 Å². The SMILES string of the molecule is COc1cccc(-c2ccc(-c3nc4cc(C(=O)NO)ccc4o3)c(OC)c2N)c1. The maximum absolute atomic E-state index is 11.6. The van der Waals surface area contributed by atoms with Gasteiger partial charge in [0, 0.05) is 11.1 Å². The summed E-state index contributed by atoms with van der Waals surface area (Å²) in [5, 5.41) is 8.81. The highest BCUT2D eigenvalue weighted by molar-refractivity contribution is 5.97. The van der Waals surface area contributed by atoms with Crippen molar-refractivity contribution in [1.82, 2.24) is 10.5 Å². The van der Waals surface area contributed by atoms with Crippen molar-refractivity contribution in [3.8, 4) is 34.1 Å². The number of hydrogen-bond acceptors (Lipinski definition) is 7. The summed E-state index contributed by atoms with van der Waals surface area (Å²) in [6.07, 6.45) is 0. The summed E-state index contributed by atoms with van der Waals surface area (Å²) in [7, 11) is 3.13. The molecule has 4 rings (SSSR count). The summed E-state index contributed by atoms with van der Waals surface area (Å²) in [6.45, 7) is 0. The molecule has 3 aromatic carbocycles. The minimum Gasteiger partial charge on any atom is -0.497 e. The second-order valence-electron chi connectivity index (χ2n) is 6.48. The van der Waals surface area contributed by atoms with E-state index in [-0.39, 0.29) is 5.56 Å². The molecule has 4 N–H and O–H groups in total. The lowest BCUT2D eigenvalue weighted by Crippen LogP contribution is -2.18. The van der Waals surface area contributed by atoms with Crippen molar-refractivity contribution in [3.05, 3.63) is 60.2 Å². The topological polar surface area (TPSA) is 120 Å². The molecule has 0 bridgehead atoms. The van der Waals surface area contributed by atoms with Crippen LogP contribution in [0.3, 0.4) is 0 Å². The van der Waals surface area contributed by atoms with E-state index >= 15 is 0 Å². The number of amides is 1. The third-order valence-corrected chi connectivity index (χ3v) is 4.76. The van der Waals surface area contributed by atoms with Crippen LogP contribution in [0.4, 0.5) is 5.69 Å². The number of hydroxylamine groups is 1. The fourth-order valence-corrected chi connectivity index (χ4v) is 3.28. The predicted molar refractivity (Wildman–Crippen MR) is 112 cm³/mol. The van der Waals surface area contributed by atoms with Crippen LogP contribution < -0.4 is 20.7 Å². The quantitative estimate of drug-likeness (QED) is 0.262. The predicted octanol–water partition coefficient (Wildman–Crippen LogP) is 3.88. The van der Waals surface area contributed by atoms with Crippen molar-refractivity contribution >= 4 is 22.7 Å². The smallest absolute Gasteiger partial charge is 0.274 e. The van der Waals surface area contributed by atoms with Crippen LogP contribution in [-0.4, -0.2) is 30.3 Å². The first-order valence-electron chi connectivity index (χ1n) is 9.02. The van der Waals surface area contributed by atoms with Crippen LogP contribution in [0, 0.1) is 0 Å². The zero-order valence-corrected chi connectivity index (χ0v) is 16.3. The molecule has 0 aliphatic carbocycles. The van der Waals surface area contributed by atoms with Crippen LogP contribution >= 0.6 is 0 Å². The molecule has 4 aromatic rings. The first-order valence-corrected chi connectivity index (χ1v) is 9.02. The number of methoxy groups -OCH3 is 2. The van der Waals surface area contributed by atoms with Gasteiger partial charge in [0.05, 0.1) is 25.5 Å². The Bertz CT molecular complexity index is 1250. The van der Waals surface area contributed by atoms with E-state index in [0.717, 1.165) is 16.9 Å². The third-order valence-electron chi connectivity index (χ3n) is 4.76. The first kappa shape index (κ1) is 19.3. The van der Waals surface area contributed by atoms with Gasteiger partial charge in [0.15, 0.2) is 11.3 Å². The first-order chi connectivity index (χ1) is 14.5. The summed E-state index contributed by atoms with van der Waals surface area (Å²) in [5.74, 6) is 0.810. The Kier molecular flexibility index (Phi) is 4.99. The molecule has 1 aromatic heterocycles. The van der Waals surface area contributed by atoms with Crippen LogP contribution in [0.1, 0.15) is 10.4 Å². The Hall–Kier alpha value is -4.04. The highest BCUT2D eigenvalue weighted by atomic mass is 16.5. The van der Waals surface area contributed by atoms with E-state index in [2.05, 4.69) is 4.98 Å². The molecule has 0 atom stereocenters. The molecule has 0 unspecified atom stereocenters. The Balaban J connectivity index is 1.81. The fourth-order valence-electron chi connectivity index (χ4n) is 3.28. The summed E-state index contributed by atoms with van der Waals surface area (Å²) in [6, 6.07) is 15.9. The second kappa shape index (κ2) is 7.76. The molecule has 0 saturated heterocycles. The zero-order valence-electron chi connectivity index (χ0n) is 16.3. The molecule has 0 aliphatic rings. The van der Waals surface area contributed by atoms with Gasteiger partial charge in [-0.05, 0) is 42.0 Å². The number of carbonyl (C=O) groups is 1. The lowest BCUT2D eigenvalue weighted by Gasteiger charge is -2.14. The van der Waals surface area contributed by atoms with E-state index in [4.69, 9.17) is 24.8 Å². The molecule has 0 fully saturated rings. The van der Waals surface area contributed by atoms with E-state index in [1.165, 1.54) is 19.2 Å². The normalized spacial score (nSPS) is 10.8. The highest BCUT2D eigenvalue weighted by Crippen LogP contribution is 2.42. The number of fused-ring (bicyclic) bond motifs is 1. The number of ether oxygens (including phenoxy) is 2. The van der Waals surface area contributed by atoms with Crippen molar-refractivity contribution in [2.45, 2.75) is 0 Å². The molecule has 1 heterocycles. The molecule has 0 radical (unpaired) electrons. The molecule has 8 nitrogen and oxygen atoms in total. The van der Waals surface area contributed by atoms with E-state index < -0.39 is 5.91 Å². The largest absolute Gasteiger partial charge is 0.497 e. The number of carbonyl (C=O) groups excluding carboxylic acids is 1. The van der Waals surface area contributed by atoms with Crippen LogP contribution in [0.15, 0.2) is 59.0 Å². The molecule has 8 heteroatoms. The number of nitrogens with zero attached hydrogens (tertiary/aromatic N) is 1. The zero-order chi connectivity index (χ0) is 21.3. The molecule has 30 heavy (non-hydrogen) atoms. The van der Waals surface area contributed by atoms with E-state index in [9.17, 15) is 4.79 Å². The van der Waals surface area contributed by atoms with Crippen molar-refractivity contribution in [3.63, 3.8) is 0 Å². The maximum Gasteiger partial charge on any atom is 0.274 e. The lowest BCUT2D eigenvalue weighted by atomic mass is 10.00. The van der Waals surface area contributed by atoms with Crippen molar-refractivity contribution in [1.29, 1.82) is 0 Å². The molecule has 152 valence electrons. The Morgan fingerprint density at radius 3 is 2.60 bits per heavy atom. The number of nitrogens with one attached hydrogen (secondary N) is 1. The van der Waals surface area contributed by atoms with Crippen LogP contribution in [0.2, 0.25) is 0 Å². The number of anilines is 1. The van der Waals surface area contributed by atoms with Crippen molar-refractivity contribution in [2.24, 2.45) is 0 Å². The van der Waals surface area contributed by atoms with Gasteiger partial charge in [-0.3, -0.25) is 10.0 Å². The van der Waals surface area contributed by atoms with Gasteiger partial charge in [-0.1, -0.05) is 18.2 Å². The lowest BCUT2D eigenvalue weighted by molar-refractivity contribution is 0.0706. The standard InChI is InChI=1S/C22H19N3O5/c1-28-14-5-3-4-12(10-14)15-7-8-16(20(29-2)19(15)23)22-24-17-11-13(21(26)25-27)6-9-18(17)30-22/h3-11,27H,23H2,1-2H3,(H,25,26). The number of oxazole rings is 1. The van der Waals surface area contributed by atoms with Gasteiger partial charge >= 0.3 is 0 Å². The van der Waals surface area contributed by atoms with Gasteiger partial charge in [0.2, 0.25) is 5.89 Å². The van der Waals surface area contributed by atoms with Crippen LogP contribution in [0.25, 0.3) is 33.7 Å².